The molecule has 0 spiro atoms. The van der Waals surface area contributed by atoms with Crippen molar-refractivity contribution in [1.82, 2.24) is 5.32 Å². The number of nitrogens with one attached hydrogen (secondary N) is 1. The lowest BCUT2D eigenvalue weighted by Crippen LogP contribution is -2.32. The molecule has 0 fully saturated rings. The lowest BCUT2D eigenvalue weighted by molar-refractivity contribution is -0.120. The highest BCUT2D eigenvalue weighted by Gasteiger charge is 2.06. The Bertz CT molecular complexity index is 319. The highest BCUT2D eigenvalue weighted by molar-refractivity contribution is 5.78. The van der Waals surface area contributed by atoms with Gasteiger partial charge in [0.05, 0.1) is 12.6 Å². The summed E-state index contributed by atoms with van der Waals surface area (Å²) in [6.45, 7) is 8.27. The van der Waals surface area contributed by atoms with Crippen LogP contribution in [0.25, 0.3) is 0 Å². The van der Waals surface area contributed by atoms with Crippen LogP contribution in [-0.4, -0.2) is 12.5 Å². The van der Waals surface area contributed by atoms with Gasteiger partial charge in [0.2, 0.25) is 5.91 Å². The van der Waals surface area contributed by atoms with E-state index >= 15 is 0 Å². The van der Waals surface area contributed by atoms with Gasteiger partial charge >= 0.3 is 0 Å². The SMILES string of the molecule is CCC.Cc1ccc([C@@H](C)NC(=O)CN)cc1. The van der Waals surface area contributed by atoms with Gasteiger partial charge in [-0.1, -0.05) is 50.1 Å². The van der Waals surface area contributed by atoms with Crippen LogP contribution in [0.3, 0.4) is 0 Å². The highest BCUT2D eigenvalue weighted by Crippen LogP contribution is 2.12. The minimum absolute atomic E-state index is 0.0200. The lowest BCUT2D eigenvalue weighted by Gasteiger charge is -2.13. The molecule has 3 nitrogen and oxygen atoms in total. The summed E-state index contributed by atoms with van der Waals surface area (Å²) in [5.41, 5.74) is 7.52. The normalized spacial score (nSPS) is 11.1. The Kier molecular flexibility index (Phi) is 8.07. The molecule has 0 saturated heterocycles. The number of amides is 1. The van der Waals surface area contributed by atoms with E-state index in [0.717, 1.165) is 5.56 Å². The number of carbonyl (C=O) groups excluding carboxylic acids is 1. The fourth-order valence-corrected chi connectivity index (χ4v) is 1.24. The number of nitrogens with two attached hydrogens (primary N) is 1. The molecule has 1 amide bonds. The van der Waals surface area contributed by atoms with E-state index in [9.17, 15) is 4.79 Å². The molecule has 0 saturated carbocycles. The molecule has 1 aromatic rings. The maximum absolute atomic E-state index is 11.0. The summed E-state index contributed by atoms with van der Waals surface area (Å²) in [7, 11) is 0. The first kappa shape index (κ1) is 15.7. The molecule has 96 valence electrons. The Morgan fingerprint density at radius 3 is 2.18 bits per heavy atom. The fraction of sp³-hybridized carbons (Fsp3) is 0.500. The van der Waals surface area contributed by atoms with E-state index in [1.165, 1.54) is 12.0 Å². The second-order valence-electron chi connectivity index (χ2n) is 4.11. The third-order valence-corrected chi connectivity index (χ3v) is 2.14. The van der Waals surface area contributed by atoms with Crippen LogP contribution >= 0.6 is 0 Å². The van der Waals surface area contributed by atoms with Gasteiger partial charge in [0.15, 0.2) is 0 Å². The zero-order valence-electron chi connectivity index (χ0n) is 11.3. The summed E-state index contributed by atoms with van der Waals surface area (Å²) < 4.78 is 0. The molecule has 1 atom stereocenters. The molecule has 1 rings (SSSR count). The van der Waals surface area contributed by atoms with Gasteiger partial charge in [0.1, 0.15) is 0 Å². The Balaban J connectivity index is 0.000000770. The Morgan fingerprint density at radius 2 is 1.76 bits per heavy atom. The van der Waals surface area contributed by atoms with E-state index in [1.807, 2.05) is 38.1 Å². The summed E-state index contributed by atoms with van der Waals surface area (Å²) in [4.78, 5) is 11.0. The third kappa shape index (κ3) is 6.74. The van der Waals surface area contributed by atoms with Crippen LogP contribution in [0.4, 0.5) is 0 Å². The van der Waals surface area contributed by atoms with Crippen molar-refractivity contribution in [1.29, 1.82) is 0 Å². The summed E-state index contributed by atoms with van der Waals surface area (Å²) in [5, 5.41) is 2.80. The second-order valence-corrected chi connectivity index (χ2v) is 4.11. The van der Waals surface area contributed by atoms with Gasteiger partial charge in [-0.05, 0) is 19.4 Å². The Morgan fingerprint density at radius 1 is 1.29 bits per heavy atom. The molecular weight excluding hydrogens is 212 g/mol. The first-order valence-electron chi connectivity index (χ1n) is 6.11. The fourth-order valence-electron chi connectivity index (χ4n) is 1.24. The van der Waals surface area contributed by atoms with E-state index in [-0.39, 0.29) is 18.5 Å². The highest BCUT2D eigenvalue weighted by atomic mass is 16.1. The third-order valence-electron chi connectivity index (χ3n) is 2.14. The van der Waals surface area contributed by atoms with Crippen LogP contribution in [0, 0.1) is 6.92 Å². The second kappa shape index (κ2) is 8.76. The molecule has 0 heterocycles. The molecule has 0 aliphatic heterocycles. The van der Waals surface area contributed by atoms with Crippen molar-refractivity contribution in [3.63, 3.8) is 0 Å². The topological polar surface area (TPSA) is 55.1 Å². The van der Waals surface area contributed by atoms with Gasteiger partial charge in [0.25, 0.3) is 0 Å². The zero-order valence-corrected chi connectivity index (χ0v) is 11.3. The van der Waals surface area contributed by atoms with Gasteiger partial charge in [0, 0.05) is 0 Å². The van der Waals surface area contributed by atoms with Gasteiger partial charge in [-0.15, -0.1) is 0 Å². The molecule has 3 N–H and O–H groups in total. The lowest BCUT2D eigenvalue weighted by atomic mass is 10.1. The van der Waals surface area contributed by atoms with Crippen molar-refractivity contribution in [2.75, 3.05) is 6.54 Å². The maximum Gasteiger partial charge on any atom is 0.234 e. The van der Waals surface area contributed by atoms with Crippen molar-refractivity contribution in [2.45, 2.75) is 40.2 Å². The molecule has 17 heavy (non-hydrogen) atoms. The number of benzene rings is 1. The van der Waals surface area contributed by atoms with E-state index in [4.69, 9.17) is 5.73 Å². The first-order chi connectivity index (χ1) is 8.04. The predicted octanol–water partition coefficient (Wildman–Crippen LogP) is 2.55. The minimum atomic E-state index is -0.127. The minimum Gasteiger partial charge on any atom is -0.348 e. The quantitative estimate of drug-likeness (QED) is 0.847. The van der Waals surface area contributed by atoms with Crippen molar-refractivity contribution < 1.29 is 4.79 Å². The molecule has 3 heteroatoms. The van der Waals surface area contributed by atoms with E-state index < -0.39 is 0 Å². The smallest absolute Gasteiger partial charge is 0.234 e. The van der Waals surface area contributed by atoms with Crippen LogP contribution in [0.5, 0.6) is 0 Å². The molecule has 0 unspecified atom stereocenters. The molecule has 0 aliphatic carbocycles. The monoisotopic (exact) mass is 236 g/mol. The number of hydrogen-bond acceptors (Lipinski definition) is 2. The van der Waals surface area contributed by atoms with Crippen LogP contribution in [-0.2, 0) is 4.79 Å². The summed E-state index contributed by atoms with van der Waals surface area (Å²) in [5.74, 6) is -0.127. The summed E-state index contributed by atoms with van der Waals surface area (Å²) in [6.07, 6.45) is 1.25. The first-order valence-corrected chi connectivity index (χ1v) is 6.11. The zero-order chi connectivity index (χ0) is 13.3. The number of rotatable bonds is 3. The molecule has 1 aromatic carbocycles. The largest absolute Gasteiger partial charge is 0.348 e. The Hall–Kier alpha value is -1.35. The summed E-state index contributed by atoms with van der Waals surface area (Å²) in [6, 6.07) is 8.10. The number of carbonyl (C=O) groups is 1. The van der Waals surface area contributed by atoms with Crippen molar-refractivity contribution in [2.24, 2.45) is 5.73 Å². The van der Waals surface area contributed by atoms with Crippen molar-refractivity contribution >= 4 is 5.91 Å². The van der Waals surface area contributed by atoms with Crippen LogP contribution in [0.1, 0.15) is 44.4 Å². The van der Waals surface area contributed by atoms with Crippen molar-refractivity contribution in [3.05, 3.63) is 35.4 Å². The average molecular weight is 236 g/mol. The molecule has 0 bridgehead atoms. The van der Waals surface area contributed by atoms with E-state index in [2.05, 4.69) is 19.2 Å². The molecule has 0 aromatic heterocycles. The van der Waals surface area contributed by atoms with E-state index in [1.54, 1.807) is 0 Å². The van der Waals surface area contributed by atoms with Gasteiger partial charge in [-0.25, -0.2) is 0 Å². The van der Waals surface area contributed by atoms with E-state index in [0.29, 0.717) is 0 Å². The van der Waals surface area contributed by atoms with Crippen LogP contribution in [0.15, 0.2) is 24.3 Å². The average Bonchev–Trinajstić information content (AvgIpc) is 2.30. The van der Waals surface area contributed by atoms with Crippen LogP contribution in [0.2, 0.25) is 0 Å². The van der Waals surface area contributed by atoms with Gasteiger partial charge in [-0.3, -0.25) is 4.79 Å². The maximum atomic E-state index is 11.0. The molecule has 0 radical (unpaired) electrons. The molecular formula is C14H24N2O. The number of hydrogen-bond donors (Lipinski definition) is 2. The predicted molar refractivity (Wildman–Crippen MR) is 72.8 cm³/mol. The van der Waals surface area contributed by atoms with Gasteiger partial charge in [-0.2, -0.15) is 0 Å². The number of aryl methyl sites for hydroxylation is 1. The van der Waals surface area contributed by atoms with Crippen molar-refractivity contribution in [3.8, 4) is 0 Å². The molecule has 0 aliphatic rings. The summed E-state index contributed by atoms with van der Waals surface area (Å²) >= 11 is 0. The Labute approximate surface area is 104 Å². The van der Waals surface area contributed by atoms with Gasteiger partial charge < -0.3 is 11.1 Å². The standard InChI is InChI=1S/C11H16N2O.C3H8/c1-8-3-5-10(6-4-8)9(2)13-11(14)7-12;1-3-2/h3-6,9H,7,12H2,1-2H3,(H,13,14);3H2,1-2H3/t9-;/m1./s1. The van der Waals surface area contributed by atoms with Crippen LogP contribution < -0.4 is 11.1 Å².